The summed E-state index contributed by atoms with van der Waals surface area (Å²) in [6.45, 7) is 4.52. The van der Waals surface area contributed by atoms with Gasteiger partial charge in [0.25, 0.3) is 0 Å². The number of fused-ring (bicyclic) bond motifs is 2. The molecule has 1 aromatic carbocycles. The highest BCUT2D eigenvalue weighted by atomic mass is 31.1. The second-order valence-corrected chi connectivity index (χ2v) is 8.65. The van der Waals surface area contributed by atoms with Crippen LogP contribution in [-0.4, -0.2) is 36.2 Å². The van der Waals surface area contributed by atoms with E-state index in [1.165, 1.54) is 10.9 Å². The molecule has 0 unspecified atom stereocenters. The molecular formula is C17H22NOP. The summed E-state index contributed by atoms with van der Waals surface area (Å²) in [7, 11) is 3.51. The second-order valence-electron chi connectivity index (χ2n) is 6.14. The number of benzene rings is 1. The van der Waals surface area contributed by atoms with Crippen molar-refractivity contribution in [2.24, 2.45) is 5.92 Å². The van der Waals surface area contributed by atoms with Gasteiger partial charge in [-0.1, -0.05) is 49.4 Å². The summed E-state index contributed by atoms with van der Waals surface area (Å²) in [4.78, 5) is 14.2. The molecule has 1 fully saturated rings. The van der Waals surface area contributed by atoms with Gasteiger partial charge in [0.15, 0.2) is 0 Å². The van der Waals surface area contributed by atoms with Gasteiger partial charge in [0.05, 0.1) is 0 Å². The number of rotatable bonds is 2. The number of amides is 1. The van der Waals surface area contributed by atoms with Crippen LogP contribution in [0.15, 0.2) is 41.5 Å². The lowest BCUT2D eigenvalue weighted by Gasteiger charge is -2.26. The van der Waals surface area contributed by atoms with Crippen molar-refractivity contribution in [2.45, 2.75) is 31.6 Å². The highest BCUT2D eigenvalue weighted by Crippen LogP contribution is 2.67. The molecule has 3 heteroatoms. The fourth-order valence-electron chi connectivity index (χ4n) is 3.77. The molecule has 0 saturated carbocycles. The Morgan fingerprint density at radius 3 is 2.40 bits per heavy atom. The molecule has 2 bridgehead atoms. The molecule has 4 atom stereocenters. The average molecular weight is 287 g/mol. The fourth-order valence-corrected chi connectivity index (χ4v) is 7.69. The molecule has 20 heavy (non-hydrogen) atoms. The topological polar surface area (TPSA) is 20.3 Å². The molecule has 2 aliphatic heterocycles. The Balaban J connectivity index is 1.98. The maximum Gasteiger partial charge on any atom is 0.226 e. The summed E-state index contributed by atoms with van der Waals surface area (Å²) in [5.74, 6) is 0.512. The molecule has 0 spiro atoms. The molecule has 0 radical (unpaired) electrons. The second kappa shape index (κ2) is 5.00. The van der Waals surface area contributed by atoms with Crippen molar-refractivity contribution >= 4 is 19.1 Å². The third-order valence-electron chi connectivity index (χ3n) is 4.87. The number of carbonyl (C=O) groups excluding carboxylic acids is 1. The quantitative estimate of drug-likeness (QED) is 0.605. The molecule has 1 saturated heterocycles. The van der Waals surface area contributed by atoms with Crippen molar-refractivity contribution in [1.29, 1.82) is 0 Å². The summed E-state index contributed by atoms with van der Waals surface area (Å²) in [5.41, 5.74) is 4.11. The SMILES string of the molecule is CC1=C(C)[C@@H]2[C@@H](C(=O)N(C)C)C[C@H]1[P@@]2c1ccccc1. The van der Waals surface area contributed by atoms with Crippen molar-refractivity contribution in [1.82, 2.24) is 4.90 Å². The highest BCUT2D eigenvalue weighted by molar-refractivity contribution is 7.68. The smallest absolute Gasteiger partial charge is 0.226 e. The summed E-state index contributed by atoms with van der Waals surface area (Å²) in [5, 5.41) is 1.46. The van der Waals surface area contributed by atoms with Crippen LogP contribution in [0, 0.1) is 5.92 Å². The third-order valence-corrected chi connectivity index (χ3v) is 8.38. The molecule has 0 aliphatic carbocycles. The van der Waals surface area contributed by atoms with Crippen molar-refractivity contribution < 1.29 is 4.79 Å². The number of carbonyl (C=O) groups is 1. The van der Waals surface area contributed by atoms with Gasteiger partial charge in [-0.3, -0.25) is 4.79 Å². The molecule has 106 valence electrons. The maximum atomic E-state index is 12.5. The van der Waals surface area contributed by atoms with Gasteiger partial charge in [-0.05, 0) is 25.6 Å². The Labute approximate surface area is 122 Å². The van der Waals surface area contributed by atoms with E-state index >= 15 is 0 Å². The van der Waals surface area contributed by atoms with Crippen molar-refractivity contribution in [2.75, 3.05) is 14.1 Å². The Bertz CT molecular complexity index is 564. The van der Waals surface area contributed by atoms with E-state index in [0.29, 0.717) is 17.2 Å². The Morgan fingerprint density at radius 1 is 1.15 bits per heavy atom. The number of hydrogen-bond donors (Lipinski definition) is 0. The Hall–Kier alpha value is -1.14. The summed E-state index contributed by atoms with van der Waals surface area (Å²) < 4.78 is 0. The summed E-state index contributed by atoms with van der Waals surface area (Å²) >= 11 is 0. The lowest BCUT2D eigenvalue weighted by Crippen LogP contribution is -2.35. The normalized spacial score (nSPS) is 31.8. The molecule has 0 N–H and O–H groups in total. The maximum absolute atomic E-state index is 12.5. The first kappa shape index (κ1) is 13.8. The van der Waals surface area contributed by atoms with Crippen molar-refractivity contribution in [3.63, 3.8) is 0 Å². The van der Waals surface area contributed by atoms with Gasteiger partial charge in [0.2, 0.25) is 5.91 Å². The summed E-state index contributed by atoms with van der Waals surface area (Å²) in [6, 6.07) is 10.8. The van der Waals surface area contributed by atoms with Gasteiger partial charge in [-0.2, -0.15) is 0 Å². The first-order valence-corrected chi connectivity index (χ1v) is 8.72. The molecular weight excluding hydrogens is 265 g/mol. The van der Waals surface area contributed by atoms with Crippen LogP contribution in [-0.2, 0) is 4.79 Å². The molecule has 3 rings (SSSR count). The Morgan fingerprint density at radius 2 is 1.80 bits per heavy atom. The van der Waals surface area contributed by atoms with E-state index in [1.54, 1.807) is 10.5 Å². The van der Waals surface area contributed by atoms with Crippen LogP contribution in [0.3, 0.4) is 0 Å². The van der Waals surface area contributed by atoms with Gasteiger partial charge < -0.3 is 4.90 Å². The Kier molecular flexibility index (Phi) is 3.46. The van der Waals surface area contributed by atoms with Crippen LogP contribution in [0.5, 0.6) is 0 Å². The van der Waals surface area contributed by atoms with E-state index in [1.807, 2.05) is 14.1 Å². The van der Waals surface area contributed by atoms with Crippen molar-refractivity contribution in [3.05, 3.63) is 41.5 Å². The molecule has 1 amide bonds. The van der Waals surface area contributed by atoms with Gasteiger partial charge in [0.1, 0.15) is 0 Å². The third kappa shape index (κ3) is 1.93. The molecule has 0 aromatic heterocycles. The highest BCUT2D eigenvalue weighted by Gasteiger charge is 2.53. The van der Waals surface area contributed by atoms with E-state index in [4.69, 9.17) is 0 Å². The lowest BCUT2D eigenvalue weighted by molar-refractivity contribution is -0.132. The zero-order chi connectivity index (χ0) is 14.4. The van der Waals surface area contributed by atoms with E-state index < -0.39 is 0 Å². The monoisotopic (exact) mass is 287 g/mol. The van der Waals surface area contributed by atoms with E-state index in [-0.39, 0.29) is 13.8 Å². The minimum atomic E-state index is -0.248. The van der Waals surface area contributed by atoms with Gasteiger partial charge in [-0.15, -0.1) is 0 Å². The van der Waals surface area contributed by atoms with Crippen molar-refractivity contribution in [3.8, 4) is 0 Å². The zero-order valence-corrected chi connectivity index (χ0v) is 13.5. The van der Waals surface area contributed by atoms with Gasteiger partial charge in [-0.25, -0.2) is 0 Å². The molecule has 2 aliphatic rings. The van der Waals surface area contributed by atoms with Crippen LogP contribution < -0.4 is 5.30 Å². The fraction of sp³-hybridized carbons (Fsp3) is 0.471. The van der Waals surface area contributed by atoms with Gasteiger partial charge >= 0.3 is 0 Å². The first-order valence-electron chi connectivity index (χ1n) is 7.24. The van der Waals surface area contributed by atoms with E-state index in [2.05, 4.69) is 44.2 Å². The molecule has 2 heterocycles. The van der Waals surface area contributed by atoms with E-state index in [0.717, 1.165) is 6.42 Å². The summed E-state index contributed by atoms with van der Waals surface area (Å²) in [6.07, 6.45) is 1.05. The predicted molar refractivity (Wildman–Crippen MR) is 85.7 cm³/mol. The predicted octanol–water partition coefficient (Wildman–Crippen LogP) is 2.99. The van der Waals surface area contributed by atoms with Crippen LogP contribution in [0.1, 0.15) is 20.3 Å². The minimum absolute atomic E-state index is 0.199. The lowest BCUT2D eigenvalue weighted by atomic mass is 9.84. The minimum Gasteiger partial charge on any atom is -0.349 e. The zero-order valence-electron chi connectivity index (χ0n) is 12.6. The number of nitrogens with zero attached hydrogens (tertiary/aromatic N) is 1. The van der Waals surface area contributed by atoms with Crippen LogP contribution in [0.4, 0.5) is 0 Å². The average Bonchev–Trinajstić information content (AvgIpc) is 2.94. The van der Waals surface area contributed by atoms with E-state index in [9.17, 15) is 4.79 Å². The van der Waals surface area contributed by atoms with Crippen LogP contribution in [0.2, 0.25) is 0 Å². The first-order chi connectivity index (χ1) is 9.52. The largest absolute Gasteiger partial charge is 0.349 e. The molecule has 1 aromatic rings. The van der Waals surface area contributed by atoms with Gasteiger partial charge in [0, 0.05) is 31.3 Å². The van der Waals surface area contributed by atoms with Crippen LogP contribution >= 0.6 is 7.92 Å². The molecule has 2 nitrogen and oxygen atoms in total. The van der Waals surface area contributed by atoms with Crippen LogP contribution in [0.25, 0.3) is 0 Å². The number of hydrogen-bond acceptors (Lipinski definition) is 1. The number of allylic oxidation sites excluding steroid dienone is 2. The standard InChI is InChI=1S/C17H22NOP/c1-11-12(2)16-14(17(19)18(3)4)10-15(11)20(16)13-8-6-5-7-9-13/h5-9,14-16H,10H2,1-4H3/t14-,15+,16+,20+/m0/s1.